The van der Waals surface area contributed by atoms with Crippen molar-refractivity contribution in [3.63, 3.8) is 0 Å². The van der Waals surface area contributed by atoms with Crippen molar-refractivity contribution in [3.05, 3.63) is 76.5 Å². The topological polar surface area (TPSA) is 63.8 Å². The lowest BCUT2D eigenvalue weighted by Crippen LogP contribution is -2.17. The maximum absolute atomic E-state index is 12.0. The molecule has 0 aliphatic rings. The molecule has 1 heterocycles. The Bertz CT molecular complexity index is 994. The minimum Gasteiger partial charge on any atom is -0.497 e. The molecule has 3 rings (SSSR count). The largest absolute Gasteiger partial charge is 0.497 e. The Labute approximate surface area is 175 Å². The first-order valence-corrected chi connectivity index (χ1v) is 9.74. The molecule has 0 bridgehead atoms. The Morgan fingerprint density at radius 1 is 1.17 bits per heavy atom. The van der Waals surface area contributed by atoms with Crippen molar-refractivity contribution in [1.29, 1.82) is 0 Å². The van der Waals surface area contributed by atoms with Crippen LogP contribution < -0.4 is 10.2 Å². The molecule has 2 aromatic carbocycles. The summed E-state index contributed by atoms with van der Waals surface area (Å²) in [5, 5.41) is 4.65. The lowest BCUT2D eigenvalue weighted by molar-refractivity contribution is -0.121. The number of hydrogen-bond donors (Lipinski definition) is 1. The van der Waals surface area contributed by atoms with Gasteiger partial charge in [0, 0.05) is 17.0 Å². The van der Waals surface area contributed by atoms with E-state index < -0.39 is 0 Å². The van der Waals surface area contributed by atoms with Crippen molar-refractivity contribution in [2.45, 2.75) is 26.2 Å². The fraction of sp³-hybridized carbons (Fsp3) is 0.217. The Morgan fingerprint density at radius 3 is 2.69 bits per heavy atom. The Balaban J connectivity index is 1.44. The highest BCUT2D eigenvalue weighted by Crippen LogP contribution is 2.23. The van der Waals surface area contributed by atoms with Crippen molar-refractivity contribution < 1.29 is 13.9 Å². The number of methoxy groups -OCH3 is 1. The van der Waals surface area contributed by atoms with Crippen LogP contribution in [0.3, 0.4) is 0 Å². The third-order valence-electron chi connectivity index (χ3n) is 4.54. The first-order valence-electron chi connectivity index (χ1n) is 9.36. The van der Waals surface area contributed by atoms with Crippen LogP contribution in [0.25, 0.3) is 11.3 Å². The van der Waals surface area contributed by atoms with Crippen molar-refractivity contribution in [3.8, 4) is 17.1 Å². The summed E-state index contributed by atoms with van der Waals surface area (Å²) in [5.41, 5.74) is 5.84. The zero-order valence-corrected chi connectivity index (χ0v) is 17.2. The molecule has 0 unspecified atom stereocenters. The number of nitrogens with one attached hydrogen (secondary N) is 1. The summed E-state index contributed by atoms with van der Waals surface area (Å²) in [6, 6.07) is 17.0. The number of carbonyl (C=O) groups excluding carboxylic acids is 1. The summed E-state index contributed by atoms with van der Waals surface area (Å²) >= 11 is 5.90. The van der Waals surface area contributed by atoms with Crippen LogP contribution in [0.15, 0.2) is 64.1 Å². The van der Waals surface area contributed by atoms with Crippen LogP contribution in [-0.2, 0) is 11.2 Å². The highest BCUT2D eigenvalue weighted by Gasteiger charge is 2.05. The smallest absolute Gasteiger partial charge is 0.240 e. The van der Waals surface area contributed by atoms with Gasteiger partial charge in [0.05, 0.1) is 13.3 Å². The van der Waals surface area contributed by atoms with Gasteiger partial charge in [0.25, 0.3) is 0 Å². The standard InChI is InChI=1S/C23H23ClN2O3/c1-16-14-20(28-2)11-8-17(16)4-3-5-23(27)26-25-15-21-12-13-22(29-21)18-6-9-19(24)10-7-18/h6-15H,3-5H2,1-2H3,(H,26,27)/b25-15+. The zero-order chi connectivity index (χ0) is 20.6. The van der Waals surface area contributed by atoms with Crippen molar-refractivity contribution in [2.75, 3.05) is 7.11 Å². The summed E-state index contributed by atoms with van der Waals surface area (Å²) in [4.78, 5) is 12.0. The van der Waals surface area contributed by atoms with Crippen molar-refractivity contribution in [2.24, 2.45) is 5.10 Å². The number of hydrogen-bond acceptors (Lipinski definition) is 4. The lowest BCUT2D eigenvalue weighted by Gasteiger charge is -2.07. The molecule has 1 amide bonds. The van der Waals surface area contributed by atoms with Crippen LogP contribution in [0.5, 0.6) is 5.75 Å². The van der Waals surface area contributed by atoms with E-state index in [4.69, 9.17) is 20.8 Å². The monoisotopic (exact) mass is 410 g/mol. The van der Waals surface area contributed by atoms with Crippen LogP contribution in [0.2, 0.25) is 5.02 Å². The van der Waals surface area contributed by atoms with Crippen LogP contribution in [-0.4, -0.2) is 19.2 Å². The number of furan rings is 1. The molecule has 0 fully saturated rings. The summed E-state index contributed by atoms with van der Waals surface area (Å²) in [6.07, 6.45) is 3.47. The van der Waals surface area contributed by atoms with E-state index in [1.165, 1.54) is 11.8 Å². The van der Waals surface area contributed by atoms with Gasteiger partial charge in [-0.05, 0) is 79.4 Å². The minimum absolute atomic E-state index is 0.128. The van der Waals surface area contributed by atoms with E-state index >= 15 is 0 Å². The number of aryl methyl sites for hydroxylation is 2. The molecule has 0 radical (unpaired) electrons. The number of rotatable bonds is 8. The van der Waals surface area contributed by atoms with Gasteiger partial charge in [0.1, 0.15) is 17.3 Å². The number of benzene rings is 2. The molecule has 1 N–H and O–H groups in total. The van der Waals surface area contributed by atoms with Gasteiger partial charge >= 0.3 is 0 Å². The molecule has 1 aromatic heterocycles. The fourth-order valence-electron chi connectivity index (χ4n) is 2.93. The molecular formula is C23H23ClN2O3. The third kappa shape index (κ3) is 5.96. The van der Waals surface area contributed by atoms with E-state index in [1.807, 2.05) is 43.3 Å². The van der Waals surface area contributed by atoms with E-state index in [9.17, 15) is 4.79 Å². The molecule has 0 saturated heterocycles. The predicted molar refractivity (Wildman–Crippen MR) is 116 cm³/mol. The first kappa shape index (κ1) is 20.7. The highest BCUT2D eigenvalue weighted by molar-refractivity contribution is 6.30. The van der Waals surface area contributed by atoms with Gasteiger partial charge in [-0.1, -0.05) is 17.7 Å². The molecule has 0 aliphatic carbocycles. The van der Waals surface area contributed by atoms with Gasteiger partial charge in [-0.25, -0.2) is 5.43 Å². The normalized spacial score (nSPS) is 11.0. The number of halogens is 1. The second-order valence-electron chi connectivity index (χ2n) is 6.65. The van der Waals surface area contributed by atoms with Gasteiger partial charge < -0.3 is 9.15 Å². The maximum atomic E-state index is 12.0. The van der Waals surface area contributed by atoms with Gasteiger partial charge in [0.15, 0.2) is 0 Å². The molecule has 0 saturated carbocycles. The van der Waals surface area contributed by atoms with Crippen molar-refractivity contribution >= 4 is 23.7 Å². The average Bonchev–Trinajstić information content (AvgIpc) is 3.18. The third-order valence-corrected chi connectivity index (χ3v) is 4.79. The predicted octanol–water partition coefficient (Wildman–Crippen LogP) is 5.39. The summed E-state index contributed by atoms with van der Waals surface area (Å²) < 4.78 is 10.9. The van der Waals surface area contributed by atoms with Gasteiger partial charge in [-0.2, -0.15) is 5.10 Å². The molecule has 6 heteroatoms. The van der Waals surface area contributed by atoms with E-state index in [1.54, 1.807) is 25.3 Å². The summed E-state index contributed by atoms with van der Waals surface area (Å²) in [5.74, 6) is 1.99. The van der Waals surface area contributed by atoms with Gasteiger partial charge in [-0.3, -0.25) is 4.79 Å². The van der Waals surface area contributed by atoms with E-state index in [0.717, 1.165) is 29.7 Å². The number of ether oxygens (including phenoxy) is 1. The Morgan fingerprint density at radius 2 is 1.97 bits per heavy atom. The summed E-state index contributed by atoms with van der Waals surface area (Å²) in [6.45, 7) is 2.05. The number of nitrogens with zero attached hydrogens (tertiary/aromatic N) is 1. The second-order valence-corrected chi connectivity index (χ2v) is 7.08. The van der Waals surface area contributed by atoms with Gasteiger partial charge in [-0.15, -0.1) is 0 Å². The highest BCUT2D eigenvalue weighted by atomic mass is 35.5. The van der Waals surface area contributed by atoms with E-state index in [2.05, 4.69) is 10.5 Å². The minimum atomic E-state index is -0.128. The molecular weight excluding hydrogens is 388 g/mol. The van der Waals surface area contributed by atoms with Crippen LogP contribution in [0, 0.1) is 6.92 Å². The van der Waals surface area contributed by atoms with Gasteiger partial charge in [0.2, 0.25) is 5.91 Å². The number of amides is 1. The number of carbonyl (C=O) groups is 1. The lowest BCUT2D eigenvalue weighted by atomic mass is 10.0. The number of hydrazone groups is 1. The van der Waals surface area contributed by atoms with Crippen LogP contribution in [0.4, 0.5) is 0 Å². The van der Waals surface area contributed by atoms with Crippen LogP contribution >= 0.6 is 11.6 Å². The molecule has 0 atom stereocenters. The molecule has 29 heavy (non-hydrogen) atoms. The van der Waals surface area contributed by atoms with Crippen LogP contribution in [0.1, 0.15) is 29.7 Å². The van der Waals surface area contributed by atoms with E-state index in [-0.39, 0.29) is 5.91 Å². The first-order chi connectivity index (χ1) is 14.0. The SMILES string of the molecule is COc1ccc(CCCC(=O)N/N=C/c2ccc(-c3ccc(Cl)cc3)o2)c(C)c1. The Hall–Kier alpha value is -3.05. The fourth-order valence-corrected chi connectivity index (χ4v) is 3.06. The molecule has 3 aromatic rings. The second kappa shape index (κ2) is 9.94. The molecule has 0 aliphatic heterocycles. The van der Waals surface area contributed by atoms with Crippen molar-refractivity contribution in [1.82, 2.24) is 5.43 Å². The molecule has 5 nitrogen and oxygen atoms in total. The molecule has 0 spiro atoms. The Kier molecular flexibility index (Phi) is 7.09. The quantitative estimate of drug-likeness (QED) is 0.400. The zero-order valence-electron chi connectivity index (χ0n) is 16.4. The summed E-state index contributed by atoms with van der Waals surface area (Å²) in [7, 11) is 1.65. The maximum Gasteiger partial charge on any atom is 0.240 e. The average molecular weight is 411 g/mol. The van der Waals surface area contributed by atoms with E-state index in [0.29, 0.717) is 23.0 Å². The molecule has 150 valence electrons.